The van der Waals surface area contributed by atoms with Crippen LogP contribution in [0, 0.1) is 11.8 Å². The van der Waals surface area contributed by atoms with E-state index in [0.29, 0.717) is 19.3 Å². The molecular formula is C33H65FO4Si2. The monoisotopic (exact) mass is 600 g/mol. The van der Waals surface area contributed by atoms with Crippen LogP contribution in [0.25, 0.3) is 0 Å². The van der Waals surface area contributed by atoms with Crippen LogP contribution in [-0.2, 0) is 18.4 Å². The van der Waals surface area contributed by atoms with Crippen LogP contribution in [0.5, 0.6) is 0 Å². The number of ether oxygens (including phenoxy) is 1. The van der Waals surface area contributed by atoms with Crippen LogP contribution in [0.2, 0.25) is 36.3 Å². The summed E-state index contributed by atoms with van der Waals surface area (Å²) in [5.41, 5.74) is 0. The number of allylic oxidation sites excluding steroid dienone is 2. The van der Waals surface area contributed by atoms with Crippen molar-refractivity contribution in [1.82, 2.24) is 0 Å². The predicted octanol–water partition coefficient (Wildman–Crippen LogP) is 10.4. The van der Waals surface area contributed by atoms with Gasteiger partial charge in [-0.25, -0.2) is 4.39 Å². The van der Waals surface area contributed by atoms with Gasteiger partial charge in [-0.3, -0.25) is 4.79 Å². The van der Waals surface area contributed by atoms with Crippen molar-refractivity contribution in [2.45, 2.75) is 174 Å². The number of carbonyl (C=O) groups is 1. The average molecular weight is 601 g/mol. The summed E-state index contributed by atoms with van der Waals surface area (Å²) < 4.78 is 34.5. The fourth-order valence-electron chi connectivity index (χ4n) is 5.25. The Morgan fingerprint density at radius 1 is 0.950 bits per heavy atom. The van der Waals surface area contributed by atoms with E-state index in [0.717, 1.165) is 32.1 Å². The number of halogens is 1. The summed E-state index contributed by atoms with van der Waals surface area (Å²) in [6.07, 6.45) is 13.2. The van der Waals surface area contributed by atoms with Gasteiger partial charge in [-0.1, -0.05) is 79.9 Å². The molecular weight excluding hydrogens is 536 g/mol. The van der Waals surface area contributed by atoms with Crippen molar-refractivity contribution >= 4 is 22.6 Å². The molecule has 0 amide bonds. The number of carbonyl (C=O) groups excluding carboxylic acids is 1. The highest BCUT2D eigenvalue weighted by Gasteiger charge is 2.46. The second-order valence-corrected chi connectivity index (χ2v) is 24.7. The fraction of sp³-hybridized carbons (Fsp3) is 0.909. The Bertz CT molecular complexity index is 769. The van der Waals surface area contributed by atoms with Gasteiger partial charge in [-0.2, -0.15) is 0 Å². The van der Waals surface area contributed by atoms with Gasteiger partial charge < -0.3 is 13.6 Å². The Kier molecular flexibility index (Phi) is 15.4. The van der Waals surface area contributed by atoms with E-state index in [9.17, 15) is 4.79 Å². The van der Waals surface area contributed by atoms with E-state index in [2.05, 4.69) is 74.7 Å². The normalized spacial score (nSPS) is 22.6. The van der Waals surface area contributed by atoms with Crippen molar-refractivity contribution in [1.29, 1.82) is 0 Å². The van der Waals surface area contributed by atoms with Gasteiger partial charge in [0.1, 0.15) is 6.17 Å². The van der Waals surface area contributed by atoms with Gasteiger partial charge in [0.05, 0.1) is 7.11 Å². The van der Waals surface area contributed by atoms with Crippen molar-refractivity contribution in [3.8, 4) is 0 Å². The Hall–Kier alpha value is -0.506. The summed E-state index contributed by atoms with van der Waals surface area (Å²) in [6.45, 7) is 25.4. The highest BCUT2D eigenvalue weighted by Crippen LogP contribution is 2.46. The fourth-order valence-corrected chi connectivity index (χ4v) is 8.07. The number of hydrogen-bond acceptors (Lipinski definition) is 4. The topological polar surface area (TPSA) is 44.8 Å². The number of alkyl halides is 1. The van der Waals surface area contributed by atoms with Crippen molar-refractivity contribution in [2.75, 3.05) is 7.11 Å². The molecule has 0 N–H and O–H groups in total. The van der Waals surface area contributed by atoms with Crippen LogP contribution in [0.1, 0.15) is 119 Å². The summed E-state index contributed by atoms with van der Waals surface area (Å²) in [7, 11) is -2.48. The first kappa shape index (κ1) is 37.5. The van der Waals surface area contributed by atoms with Gasteiger partial charge >= 0.3 is 5.97 Å². The largest absolute Gasteiger partial charge is 0.469 e. The Morgan fingerprint density at radius 2 is 1.57 bits per heavy atom. The lowest BCUT2D eigenvalue weighted by molar-refractivity contribution is -0.140. The van der Waals surface area contributed by atoms with Crippen LogP contribution in [0.3, 0.4) is 0 Å². The summed E-state index contributed by atoms with van der Waals surface area (Å²) >= 11 is 0. The molecule has 0 heterocycles. The molecule has 1 rings (SSSR count). The Morgan fingerprint density at radius 3 is 2.12 bits per heavy atom. The molecule has 5 atom stereocenters. The zero-order chi connectivity index (χ0) is 30.8. The number of esters is 1. The highest BCUT2D eigenvalue weighted by molar-refractivity contribution is 6.74. The molecule has 40 heavy (non-hydrogen) atoms. The van der Waals surface area contributed by atoms with Crippen LogP contribution < -0.4 is 0 Å². The van der Waals surface area contributed by atoms with Crippen LogP contribution >= 0.6 is 0 Å². The summed E-state index contributed by atoms with van der Waals surface area (Å²) in [5.74, 6) is -0.0450. The maximum atomic E-state index is 15.8. The van der Waals surface area contributed by atoms with E-state index in [-0.39, 0.29) is 40.1 Å². The lowest BCUT2D eigenvalue weighted by Crippen LogP contribution is -2.46. The predicted molar refractivity (Wildman–Crippen MR) is 174 cm³/mol. The van der Waals surface area contributed by atoms with Gasteiger partial charge in [-0.05, 0) is 93.0 Å². The minimum Gasteiger partial charge on any atom is -0.469 e. The molecule has 236 valence electrons. The lowest BCUT2D eigenvalue weighted by atomic mass is 9.85. The van der Waals surface area contributed by atoms with E-state index in [1.807, 2.05) is 6.08 Å². The third-order valence-corrected chi connectivity index (χ3v) is 19.0. The second kappa shape index (κ2) is 16.4. The number of hydrogen-bond donors (Lipinski definition) is 0. The first-order valence-corrected chi connectivity index (χ1v) is 21.9. The summed E-state index contributed by atoms with van der Waals surface area (Å²) in [6, 6.07) is 0. The Labute approximate surface area is 249 Å². The van der Waals surface area contributed by atoms with Crippen molar-refractivity contribution in [2.24, 2.45) is 11.8 Å². The average Bonchev–Trinajstić information content (AvgIpc) is 3.22. The molecule has 0 aromatic heterocycles. The van der Waals surface area contributed by atoms with Crippen LogP contribution in [-0.4, -0.2) is 48.1 Å². The molecule has 0 saturated heterocycles. The first-order chi connectivity index (χ1) is 18.4. The molecule has 1 aliphatic carbocycles. The zero-order valence-electron chi connectivity index (χ0n) is 28.3. The van der Waals surface area contributed by atoms with E-state index >= 15 is 4.39 Å². The number of rotatable bonds is 17. The van der Waals surface area contributed by atoms with Crippen LogP contribution in [0.15, 0.2) is 12.2 Å². The molecule has 4 nitrogen and oxygen atoms in total. The smallest absolute Gasteiger partial charge is 0.305 e. The SMILES string of the molecule is CCCCC[C@@H](CC[C@@H]1[C@@H]([C@H](F)C=CCCCC(=O)OC)CC[C@H]1O[Si](C)(C)C(C)(C)C)O[Si](C)(C)C(C)(C)C. The van der Waals surface area contributed by atoms with E-state index < -0.39 is 22.8 Å². The van der Waals surface area contributed by atoms with Gasteiger partial charge in [0.25, 0.3) is 0 Å². The molecule has 1 aliphatic rings. The third kappa shape index (κ3) is 12.0. The van der Waals surface area contributed by atoms with Crippen LogP contribution in [0.4, 0.5) is 4.39 Å². The molecule has 0 unspecified atom stereocenters. The molecule has 1 fully saturated rings. The molecule has 7 heteroatoms. The van der Waals surface area contributed by atoms with Crippen molar-refractivity contribution < 1.29 is 22.8 Å². The summed E-state index contributed by atoms with van der Waals surface area (Å²) in [5, 5.41) is 0.293. The van der Waals surface area contributed by atoms with Crippen molar-refractivity contribution in [3.63, 3.8) is 0 Å². The van der Waals surface area contributed by atoms with Gasteiger partial charge in [0, 0.05) is 18.6 Å². The highest BCUT2D eigenvalue weighted by atomic mass is 28.4. The van der Waals surface area contributed by atoms with Gasteiger partial charge in [-0.15, -0.1) is 0 Å². The second-order valence-electron chi connectivity index (χ2n) is 15.2. The maximum absolute atomic E-state index is 15.8. The molecule has 0 aliphatic heterocycles. The molecule has 1 saturated carbocycles. The molecule has 0 aromatic rings. The molecule has 0 bridgehead atoms. The number of unbranched alkanes of at least 4 members (excludes halogenated alkanes) is 3. The lowest BCUT2D eigenvalue weighted by Gasteiger charge is -2.41. The zero-order valence-corrected chi connectivity index (χ0v) is 30.3. The summed E-state index contributed by atoms with van der Waals surface area (Å²) in [4.78, 5) is 11.4. The van der Waals surface area contributed by atoms with Crippen molar-refractivity contribution in [3.05, 3.63) is 12.2 Å². The third-order valence-electron chi connectivity index (χ3n) is 9.99. The van der Waals surface area contributed by atoms with E-state index in [4.69, 9.17) is 13.6 Å². The standard InChI is InChI=1S/C33H65FO4Si2/c1-13-14-16-19-26(37-39(9,10)32(2,3)4)22-23-28-27(29(34)20-17-15-18-21-31(35)36-8)24-25-30(28)38-40(11,12)33(5,6)7/h17,20,26-30H,13-16,18-19,21-25H2,1-12H3/t26-,27-,28+,29+,30+/m0/s1. The first-order valence-electron chi connectivity index (χ1n) is 16.1. The molecule has 0 radical (unpaired) electrons. The van der Waals surface area contributed by atoms with Gasteiger partial charge in [0.15, 0.2) is 16.6 Å². The number of methoxy groups -OCH3 is 1. The quantitative estimate of drug-likeness (QED) is 0.0721. The van der Waals surface area contributed by atoms with Gasteiger partial charge in [0.2, 0.25) is 0 Å². The molecule has 0 spiro atoms. The van der Waals surface area contributed by atoms with E-state index in [1.165, 1.54) is 26.4 Å². The molecule has 0 aromatic carbocycles. The minimum absolute atomic E-state index is 0.0317. The Balaban J connectivity index is 3.09. The minimum atomic E-state index is -1.98. The maximum Gasteiger partial charge on any atom is 0.305 e. The van der Waals surface area contributed by atoms with E-state index in [1.54, 1.807) is 6.08 Å².